The molecule has 0 aromatic rings. The molecule has 2 aliphatic heterocycles. The van der Waals surface area contributed by atoms with Gasteiger partial charge in [-0.3, -0.25) is 0 Å². The number of hydrogen-bond acceptors (Lipinski definition) is 3. The maximum absolute atomic E-state index is 6.13. The Balaban J connectivity index is 0.000000901. The Morgan fingerprint density at radius 1 is 0.826 bits per heavy atom. The van der Waals surface area contributed by atoms with E-state index in [9.17, 15) is 0 Å². The van der Waals surface area contributed by atoms with E-state index in [0.29, 0.717) is 12.2 Å². The normalized spacial score (nSPS) is 23.5. The Kier molecular flexibility index (Phi) is 14.1. The van der Waals surface area contributed by atoms with Gasteiger partial charge in [0.25, 0.3) is 0 Å². The predicted molar refractivity (Wildman–Crippen MR) is 100 cm³/mol. The molecule has 4 nitrogen and oxygen atoms in total. The molecule has 2 saturated heterocycles. The zero-order valence-electron chi connectivity index (χ0n) is 16.1. The third-order valence-electron chi connectivity index (χ3n) is 4.95. The molecule has 3 N–H and O–H groups in total. The van der Waals surface area contributed by atoms with Gasteiger partial charge in [0.05, 0.1) is 12.2 Å². The molecule has 140 valence electrons. The highest BCUT2D eigenvalue weighted by Gasteiger charge is 2.27. The molecule has 0 atom stereocenters. The third kappa shape index (κ3) is 8.48. The fraction of sp³-hybridized carbons (Fsp3) is 1.00. The van der Waals surface area contributed by atoms with Crippen molar-refractivity contribution in [2.75, 3.05) is 32.7 Å². The van der Waals surface area contributed by atoms with Crippen LogP contribution in [0.5, 0.6) is 0 Å². The minimum Gasteiger partial charge on any atom is -0.412 e. The maximum Gasteiger partial charge on any atom is 0.0603 e. The van der Waals surface area contributed by atoms with Gasteiger partial charge in [-0.15, -0.1) is 0 Å². The van der Waals surface area contributed by atoms with Gasteiger partial charge in [0.1, 0.15) is 0 Å². The van der Waals surface area contributed by atoms with Gasteiger partial charge in [0, 0.05) is 19.6 Å². The van der Waals surface area contributed by atoms with E-state index in [1.165, 1.54) is 77.7 Å². The number of likely N-dealkylation sites (tertiary alicyclic amines) is 1. The van der Waals surface area contributed by atoms with Gasteiger partial charge in [-0.25, -0.2) is 0 Å². The molecule has 0 aromatic carbocycles. The first-order chi connectivity index (χ1) is 10.9. The summed E-state index contributed by atoms with van der Waals surface area (Å²) in [4.78, 5) is 2.68. The summed E-state index contributed by atoms with van der Waals surface area (Å²) < 4.78 is 6.13. The fourth-order valence-electron chi connectivity index (χ4n) is 3.44. The van der Waals surface area contributed by atoms with E-state index in [1.807, 2.05) is 27.7 Å². The molecule has 3 fully saturated rings. The van der Waals surface area contributed by atoms with Crippen LogP contribution < -0.4 is 5.32 Å². The molecule has 0 amide bonds. The summed E-state index contributed by atoms with van der Waals surface area (Å²) in [6.45, 7) is 14.3. The Labute approximate surface area is 144 Å². The van der Waals surface area contributed by atoms with Crippen LogP contribution in [0.4, 0.5) is 0 Å². The lowest BCUT2D eigenvalue weighted by molar-refractivity contribution is -0.0745. The van der Waals surface area contributed by atoms with Crippen LogP contribution in [0, 0.1) is 5.92 Å². The molecule has 0 unspecified atom stereocenters. The average molecular weight is 331 g/mol. The van der Waals surface area contributed by atoms with Crippen LogP contribution in [-0.2, 0) is 4.74 Å². The summed E-state index contributed by atoms with van der Waals surface area (Å²) in [5.74, 6) is 0.940. The SMILES string of the molecule is C1CC(OC2CCN(CC3CCNCC3)CC2)C1.CC.CC.O. The predicted octanol–water partition coefficient (Wildman–Crippen LogP) is 3.25. The second kappa shape index (κ2) is 14.2. The summed E-state index contributed by atoms with van der Waals surface area (Å²) >= 11 is 0. The number of nitrogens with one attached hydrogen (secondary N) is 1. The number of piperidine rings is 2. The first-order valence-corrected chi connectivity index (χ1v) is 9.98. The van der Waals surface area contributed by atoms with Crippen LogP contribution in [0.1, 0.15) is 72.6 Å². The first-order valence-electron chi connectivity index (χ1n) is 9.98. The standard InChI is InChI=1S/C15H28N2O.2C2H6.H2O/c1-2-14(3-1)18-15-6-10-17(11-7-15)12-13-4-8-16-9-5-13;2*1-2;/h13-16H,1-12H2;2*1-2H3;1H2. The topological polar surface area (TPSA) is 56.0 Å². The Morgan fingerprint density at radius 3 is 1.83 bits per heavy atom. The first kappa shape index (κ1) is 22.8. The minimum atomic E-state index is 0. The molecule has 0 aromatic heterocycles. The van der Waals surface area contributed by atoms with Crippen molar-refractivity contribution < 1.29 is 10.2 Å². The third-order valence-corrected chi connectivity index (χ3v) is 4.95. The lowest BCUT2D eigenvalue weighted by Gasteiger charge is -2.38. The van der Waals surface area contributed by atoms with E-state index >= 15 is 0 Å². The summed E-state index contributed by atoms with van der Waals surface area (Å²) in [5, 5.41) is 3.45. The number of nitrogens with zero attached hydrogens (tertiary/aromatic N) is 1. The number of rotatable bonds is 4. The van der Waals surface area contributed by atoms with E-state index in [0.717, 1.165) is 5.92 Å². The van der Waals surface area contributed by atoms with Crippen LogP contribution in [0.2, 0.25) is 0 Å². The number of ether oxygens (including phenoxy) is 1. The van der Waals surface area contributed by atoms with Crippen molar-refractivity contribution in [1.82, 2.24) is 10.2 Å². The summed E-state index contributed by atoms with van der Waals surface area (Å²) in [5.41, 5.74) is 0. The Hall–Kier alpha value is -0.160. The second-order valence-electron chi connectivity index (χ2n) is 6.38. The number of hydrogen-bond donors (Lipinski definition) is 1. The lowest BCUT2D eigenvalue weighted by Crippen LogP contribution is -2.43. The van der Waals surface area contributed by atoms with Gasteiger partial charge in [-0.1, -0.05) is 27.7 Å². The van der Waals surface area contributed by atoms with Crippen LogP contribution in [0.3, 0.4) is 0 Å². The second-order valence-corrected chi connectivity index (χ2v) is 6.38. The molecule has 0 bridgehead atoms. The van der Waals surface area contributed by atoms with Crippen molar-refractivity contribution in [2.45, 2.75) is 84.8 Å². The summed E-state index contributed by atoms with van der Waals surface area (Å²) in [7, 11) is 0. The Morgan fingerprint density at radius 2 is 1.35 bits per heavy atom. The quantitative estimate of drug-likeness (QED) is 0.861. The van der Waals surface area contributed by atoms with Crippen molar-refractivity contribution in [3.63, 3.8) is 0 Å². The molecule has 2 heterocycles. The van der Waals surface area contributed by atoms with Crippen LogP contribution in [0.25, 0.3) is 0 Å². The van der Waals surface area contributed by atoms with Crippen molar-refractivity contribution in [1.29, 1.82) is 0 Å². The molecule has 1 aliphatic carbocycles. The van der Waals surface area contributed by atoms with Crippen molar-refractivity contribution >= 4 is 0 Å². The van der Waals surface area contributed by atoms with Gasteiger partial charge in [-0.05, 0) is 64.0 Å². The molecule has 1 saturated carbocycles. The van der Waals surface area contributed by atoms with Gasteiger partial charge >= 0.3 is 0 Å². The Bertz CT molecular complexity index is 246. The molecular weight excluding hydrogens is 288 g/mol. The molecule has 3 rings (SSSR count). The van der Waals surface area contributed by atoms with E-state index < -0.39 is 0 Å². The largest absolute Gasteiger partial charge is 0.412 e. The maximum atomic E-state index is 6.13. The molecule has 0 spiro atoms. The summed E-state index contributed by atoms with van der Waals surface area (Å²) in [6.07, 6.45) is 10.5. The molecule has 23 heavy (non-hydrogen) atoms. The van der Waals surface area contributed by atoms with E-state index in [2.05, 4.69) is 10.2 Å². The highest BCUT2D eigenvalue weighted by molar-refractivity contribution is 4.79. The van der Waals surface area contributed by atoms with Crippen molar-refractivity contribution in [2.24, 2.45) is 5.92 Å². The molecule has 0 radical (unpaired) electrons. The smallest absolute Gasteiger partial charge is 0.0603 e. The van der Waals surface area contributed by atoms with Crippen LogP contribution >= 0.6 is 0 Å². The fourth-order valence-corrected chi connectivity index (χ4v) is 3.44. The zero-order chi connectivity index (χ0) is 16.2. The summed E-state index contributed by atoms with van der Waals surface area (Å²) in [6, 6.07) is 0. The molecule has 4 heteroatoms. The van der Waals surface area contributed by atoms with Crippen molar-refractivity contribution in [3.05, 3.63) is 0 Å². The van der Waals surface area contributed by atoms with Crippen LogP contribution in [-0.4, -0.2) is 55.3 Å². The van der Waals surface area contributed by atoms with Gasteiger partial charge < -0.3 is 20.4 Å². The molecule has 3 aliphatic rings. The molecular formula is C19H42N2O2. The van der Waals surface area contributed by atoms with E-state index in [4.69, 9.17) is 4.74 Å². The van der Waals surface area contributed by atoms with Gasteiger partial charge in [-0.2, -0.15) is 0 Å². The minimum absolute atomic E-state index is 0. The van der Waals surface area contributed by atoms with Crippen molar-refractivity contribution in [3.8, 4) is 0 Å². The monoisotopic (exact) mass is 330 g/mol. The highest BCUT2D eigenvalue weighted by atomic mass is 16.5. The van der Waals surface area contributed by atoms with E-state index in [1.54, 1.807) is 0 Å². The van der Waals surface area contributed by atoms with Crippen LogP contribution in [0.15, 0.2) is 0 Å². The van der Waals surface area contributed by atoms with Gasteiger partial charge in [0.15, 0.2) is 0 Å². The average Bonchev–Trinajstić information content (AvgIpc) is 2.57. The van der Waals surface area contributed by atoms with E-state index in [-0.39, 0.29) is 5.48 Å². The zero-order valence-corrected chi connectivity index (χ0v) is 16.1. The van der Waals surface area contributed by atoms with Gasteiger partial charge in [0.2, 0.25) is 0 Å². The lowest BCUT2D eigenvalue weighted by atomic mass is 9.94. The highest BCUT2D eigenvalue weighted by Crippen LogP contribution is 2.27.